The molecule has 0 aliphatic carbocycles. The summed E-state index contributed by atoms with van der Waals surface area (Å²) in [7, 11) is -1.61. The van der Waals surface area contributed by atoms with E-state index in [1.54, 1.807) is 19.9 Å². The van der Waals surface area contributed by atoms with E-state index in [9.17, 15) is 4.79 Å². The van der Waals surface area contributed by atoms with Gasteiger partial charge in [0.15, 0.2) is 0 Å². The van der Waals surface area contributed by atoms with E-state index in [1.807, 2.05) is 19.6 Å². The average Bonchev–Trinajstić information content (AvgIpc) is 2.11. The number of nitrogens with zero attached hydrogens (tertiary/aromatic N) is 1. The van der Waals surface area contributed by atoms with E-state index in [2.05, 4.69) is 5.16 Å². The Morgan fingerprint density at radius 3 is 2.47 bits per heavy atom. The summed E-state index contributed by atoms with van der Waals surface area (Å²) in [5.41, 5.74) is 0.514. The molecule has 0 fully saturated rings. The maximum absolute atomic E-state index is 11.1. The highest BCUT2D eigenvalue weighted by molar-refractivity contribution is 6.69. The van der Waals surface area contributed by atoms with Crippen LogP contribution in [0, 0.1) is 0 Å². The standard InChI is InChI=1S/C10H19NO3Si/c1-6-13-10(12)9(2)7-8-11-14-15(3,4)5/h7-8H,6H2,1-5H3/b9-7+,11-8+. The molecule has 0 heterocycles. The molecule has 0 N–H and O–H groups in total. The van der Waals surface area contributed by atoms with Gasteiger partial charge < -0.3 is 9.26 Å². The molecule has 15 heavy (non-hydrogen) atoms. The monoisotopic (exact) mass is 229 g/mol. The van der Waals surface area contributed by atoms with Crippen LogP contribution in [0.25, 0.3) is 0 Å². The smallest absolute Gasteiger partial charge is 0.333 e. The minimum Gasteiger partial charge on any atom is -0.463 e. The van der Waals surface area contributed by atoms with Crippen LogP contribution in [0.2, 0.25) is 19.6 Å². The van der Waals surface area contributed by atoms with Gasteiger partial charge in [-0.1, -0.05) is 0 Å². The normalized spacial score (nSPS) is 13.0. The van der Waals surface area contributed by atoms with Gasteiger partial charge in [-0.15, -0.1) is 5.16 Å². The Labute approximate surface area is 92.1 Å². The maximum Gasteiger partial charge on any atom is 0.333 e. The molecule has 0 radical (unpaired) electrons. The molecule has 0 bridgehead atoms. The molecular weight excluding hydrogens is 210 g/mol. The molecule has 0 unspecified atom stereocenters. The number of carbonyl (C=O) groups excluding carboxylic acids is 1. The van der Waals surface area contributed by atoms with Gasteiger partial charge in [-0.3, -0.25) is 0 Å². The lowest BCUT2D eigenvalue weighted by molar-refractivity contribution is -0.138. The number of carbonyl (C=O) groups is 1. The molecule has 4 nitrogen and oxygen atoms in total. The van der Waals surface area contributed by atoms with Crippen molar-refractivity contribution in [3.05, 3.63) is 11.6 Å². The van der Waals surface area contributed by atoms with Crippen LogP contribution >= 0.6 is 0 Å². The summed E-state index contributed by atoms with van der Waals surface area (Å²) in [4.78, 5) is 11.1. The first-order valence-corrected chi connectivity index (χ1v) is 8.33. The molecule has 5 heteroatoms. The molecule has 0 aliphatic heterocycles. The lowest BCUT2D eigenvalue weighted by atomic mass is 10.3. The van der Waals surface area contributed by atoms with Gasteiger partial charge in [0.1, 0.15) is 0 Å². The van der Waals surface area contributed by atoms with Crippen molar-refractivity contribution >= 4 is 20.5 Å². The summed E-state index contributed by atoms with van der Waals surface area (Å²) in [6, 6.07) is 0. The lowest BCUT2D eigenvalue weighted by Crippen LogP contribution is -2.22. The molecule has 86 valence electrons. The maximum atomic E-state index is 11.1. The molecule has 0 saturated carbocycles. The van der Waals surface area contributed by atoms with Crippen LogP contribution in [-0.2, 0) is 14.1 Å². The van der Waals surface area contributed by atoms with Crippen molar-refractivity contribution in [3.8, 4) is 0 Å². The highest BCUT2D eigenvalue weighted by Gasteiger charge is 2.15. The van der Waals surface area contributed by atoms with Crippen LogP contribution in [0.1, 0.15) is 13.8 Å². The number of rotatable bonds is 5. The molecule has 0 saturated heterocycles. The molecule has 0 atom stereocenters. The summed E-state index contributed by atoms with van der Waals surface area (Å²) in [6.45, 7) is 9.93. The fourth-order valence-electron chi connectivity index (χ4n) is 0.644. The molecule has 0 aliphatic rings. The molecule has 0 aromatic rings. The Morgan fingerprint density at radius 1 is 1.40 bits per heavy atom. The number of hydrogen-bond donors (Lipinski definition) is 0. The third kappa shape index (κ3) is 7.93. The van der Waals surface area contributed by atoms with Crippen LogP contribution < -0.4 is 0 Å². The largest absolute Gasteiger partial charge is 0.463 e. The Balaban J connectivity index is 4.10. The Kier molecular flexibility index (Phi) is 5.92. The fraction of sp³-hybridized carbons (Fsp3) is 0.600. The van der Waals surface area contributed by atoms with Gasteiger partial charge >= 0.3 is 5.97 Å². The fourth-order valence-corrected chi connectivity index (χ4v) is 1.02. The quantitative estimate of drug-likeness (QED) is 0.239. The van der Waals surface area contributed by atoms with Crippen molar-refractivity contribution in [1.29, 1.82) is 0 Å². The van der Waals surface area contributed by atoms with Gasteiger partial charge in [0.2, 0.25) is 0 Å². The highest BCUT2D eigenvalue weighted by Crippen LogP contribution is 2.02. The average molecular weight is 229 g/mol. The minimum absolute atomic E-state index is 0.322. The molecule has 0 aromatic heterocycles. The SMILES string of the molecule is CCOC(=O)/C(C)=C/C=N/O[Si](C)(C)C. The third-order valence-electron chi connectivity index (χ3n) is 1.31. The Bertz CT molecular complexity index is 266. The number of allylic oxidation sites excluding steroid dienone is 1. The third-order valence-corrected chi connectivity index (χ3v) is 1.96. The van der Waals surface area contributed by atoms with Gasteiger partial charge in [-0.2, -0.15) is 0 Å². The van der Waals surface area contributed by atoms with Gasteiger partial charge in [0.05, 0.1) is 12.8 Å². The first-order valence-electron chi connectivity index (χ1n) is 4.92. The van der Waals surface area contributed by atoms with E-state index in [1.165, 1.54) is 6.21 Å². The highest BCUT2D eigenvalue weighted by atomic mass is 28.4. The number of oxime groups is 1. The predicted octanol–water partition coefficient (Wildman–Crippen LogP) is 2.33. The zero-order chi connectivity index (χ0) is 11.9. The first kappa shape index (κ1) is 13.9. The van der Waals surface area contributed by atoms with Gasteiger partial charge in [0, 0.05) is 5.57 Å². The molecule has 0 rings (SSSR count). The van der Waals surface area contributed by atoms with Gasteiger partial charge in [-0.05, 0) is 39.6 Å². The Morgan fingerprint density at radius 2 is 2.00 bits per heavy atom. The summed E-state index contributed by atoms with van der Waals surface area (Å²) >= 11 is 0. The number of hydrogen-bond acceptors (Lipinski definition) is 4. The van der Waals surface area contributed by atoms with Crippen molar-refractivity contribution < 1.29 is 14.1 Å². The zero-order valence-corrected chi connectivity index (χ0v) is 11.0. The molecule has 0 spiro atoms. The van der Waals surface area contributed by atoms with E-state index < -0.39 is 8.32 Å². The van der Waals surface area contributed by atoms with Crippen LogP contribution in [0.3, 0.4) is 0 Å². The van der Waals surface area contributed by atoms with E-state index in [0.717, 1.165) is 0 Å². The van der Waals surface area contributed by atoms with Crippen LogP contribution in [0.5, 0.6) is 0 Å². The molecule has 0 aromatic carbocycles. The van der Waals surface area contributed by atoms with Crippen molar-refractivity contribution in [2.75, 3.05) is 6.61 Å². The summed E-state index contributed by atoms with van der Waals surface area (Å²) < 4.78 is 10.0. The second-order valence-corrected chi connectivity index (χ2v) is 8.44. The van der Waals surface area contributed by atoms with E-state index in [-0.39, 0.29) is 5.97 Å². The van der Waals surface area contributed by atoms with Crippen molar-refractivity contribution in [2.45, 2.75) is 33.5 Å². The van der Waals surface area contributed by atoms with Crippen LogP contribution in [0.15, 0.2) is 16.8 Å². The van der Waals surface area contributed by atoms with Crippen molar-refractivity contribution in [2.24, 2.45) is 5.16 Å². The minimum atomic E-state index is -1.61. The van der Waals surface area contributed by atoms with E-state index >= 15 is 0 Å². The second kappa shape index (κ2) is 6.39. The molecule has 0 amide bonds. The second-order valence-electron chi connectivity index (χ2n) is 4.03. The Hall–Kier alpha value is -1.10. The van der Waals surface area contributed by atoms with Crippen molar-refractivity contribution in [1.82, 2.24) is 0 Å². The van der Waals surface area contributed by atoms with Crippen LogP contribution in [0.4, 0.5) is 0 Å². The number of ether oxygens (including phenoxy) is 1. The lowest BCUT2D eigenvalue weighted by Gasteiger charge is -2.11. The summed E-state index contributed by atoms with van der Waals surface area (Å²) in [5.74, 6) is -0.322. The van der Waals surface area contributed by atoms with Gasteiger partial charge in [0.25, 0.3) is 8.32 Å². The summed E-state index contributed by atoms with van der Waals surface area (Å²) in [6.07, 6.45) is 3.06. The number of esters is 1. The van der Waals surface area contributed by atoms with E-state index in [0.29, 0.717) is 12.2 Å². The zero-order valence-electron chi connectivity index (χ0n) is 10.0. The molecular formula is C10H19NO3Si. The topological polar surface area (TPSA) is 47.9 Å². The van der Waals surface area contributed by atoms with Crippen molar-refractivity contribution in [3.63, 3.8) is 0 Å². The van der Waals surface area contributed by atoms with Gasteiger partial charge in [-0.25, -0.2) is 4.79 Å². The van der Waals surface area contributed by atoms with E-state index in [4.69, 9.17) is 9.26 Å². The summed E-state index contributed by atoms with van der Waals surface area (Å²) in [5, 5.41) is 3.78. The first-order chi connectivity index (χ1) is 6.87. The predicted molar refractivity (Wildman–Crippen MR) is 63.3 cm³/mol. The van der Waals surface area contributed by atoms with Crippen LogP contribution in [-0.4, -0.2) is 27.1 Å².